The van der Waals surface area contributed by atoms with Crippen molar-refractivity contribution in [2.24, 2.45) is 5.92 Å². The summed E-state index contributed by atoms with van der Waals surface area (Å²) >= 11 is 0. The fraction of sp³-hybridized carbons (Fsp3) is 0.636. The normalized spacial score (nSPS) is 11.3. The predicted octanol–water partition coefficient (Wildman–Crippen LogP) is 2.36. The van der Waals surface area contributed by atoms with Gasteiger partial charge in [0.1, 0.15) is 5.56 Å². The van der Waals surface area contributed by atoms with Crippen molar-refractivity contribution in [3.8, 4) is 0 Å². The summed E-state index contributed by atoms with van der Waals surface area (Å²) in [5.74, 6) is -0.255. The van der Waals surface area contributed by atoms with Crippen LogP contribution in [-0.2, 0) is 6.54 Å². The average molecular weight is 210 g/mol. The van der Waals surface area contributed by atoms with Crippen molar-refractivity contribution in [3.05, 3.63) is 17.5 Å². The molecular weight excluding hydrogens is 192 g/mol. The second-order valence-corrected chi connectivity index (χ2v) is 4.48. The molecule has 0 aliphatic rings. The van der Waals surface area contributed by atoms with Crippen LogP contribution in [0, 0.1) is 5.92 Å². The third-order valence-corrected chi connectivity index (χ3v) is 2.20. The summed E-state index contributed by atoms with van der Waals surface area (Å²) in [5.41, 5.74) is 1.14. The maximum absolute atomic E-state index is 11.0. The summed E-state index contributed by atoms with van der Waals surface area (Å²) in [6.45, 7) is 8.92. The van der Waals surface area contributed by atoms with E-state index >= 15 is 0 Å². The third-order valence-electron chi connectivity index (χ3n) is 2.20. The van der Waals surface area contributed by atoms with Gasteiger partial charge in [0.05, 0.1) is 11.9 Å². The first-order chi connectivity index (χ1) is 6.93. The number of hydrogen-bond donors (Lipinski definition) is 1. The zero-order chi connectivity index (χ0) is 11.6. The van der Waals surface area contributed by atoms with E-state index in [0.717, 1.165) is 12.2 Å². The highest BCUT2D eigenvalue weighted by atomic mass is 16.4. The van der Waals surface area contributed by atoms with Gasteiger partial charge in [-0.1, -0.05) is 27.7 Å². The van der Waals surface area contributed by atoms with E-state index in [1.807, 2.05) is 13.8 Å². The van der Waals surface area contributed by atoms with E-state index in [-0.39, 0.29) is 5.92 Å². The van der Waals surface area contributed by atoms with Crippen LogP contribution in [0.15, 0.2) is 6.20 Å². The van der Waals surface area contributed by atoms with Gasteiger partial charge in [-0.15, -0.1) is 0 Å². The molecule has 0 aliphatic heterocycles. The van der Waals surface area contributed by atoms with E-state index in [9.17, 15) is 4.79 Å². The minimum atomic E-state index is -0.895. The molecule has 1 aromatic rings. The van der Waals surface area contributed by atoms with Crippen molar-refractivity contribution in [1.82, 2.24) is 9.78 Å². The van der Waals surface area contributed by atoms with Crippen molar-refractivity contribution in [3.63, 3.8) is 0 Å². The van der Waals surface area contributed by atoms with Crippen molar-refractivity contribution >= 4 is 5.97 Å². The molecule has 0 unspecified atom stereocenters. The quantitative estimate of drug-likeness (QED) is 0.830. The van der Waals surface area contributed by atoms with Crippen molar-refractivity contribution < 1.29 is 9.90 Å². The second-order valence-electron chi connectivity index (χ2n) is 4.48. The summed E-state index contributed by atoms with van der Waals surface area (Å²) < 4.78 is 1.80. The average Bonchev–Trinajstić information content (AvgIpc) is 2.46. The third kappa shape index (κ3) is 2.58. The van der Waals surface area contributed by atoms with E-state index in [4.69, 9.17) is 5.11 Å². The highest BCUT2D eigenvalue weighted by Gasteiger charge is 2.19. The Labute approximate surface area is 89.9 Å². The Bertz CT molecular complexity index is 353. The van der Waals surface area contributed by atoms with Crippen LogP contribution in [0.5, 0.6) is 0 Å². The Morgan fingerprint density at radius 3 is 2.47 bits per heavy atom. The summed E-state index contributed by atoms with van der Waals surface area (Å²) in [4.78, 5) is 11.0. The SMILES string of the molecule is CC(C)Cn1ncc(C(=O)O)c1C(C)C. The van der Waals surface area contributed by atoms with Gasteiger partial charge >= 0.3 is 5.97 Å². The van der Waals surface area contributed by atoms with Gasteiger partial charge < -0.3 is 5.11 Å². The van der Waals surface area contributed by atoms with E-state index in [1.165, 1.54) is 6.20 Å². The van der Waals surface area contributed by atoms with Gasteiger partial charge in [0.2, 0.25) is 0 Å². The molecule has 4 heteroatoms. The molecule has 1 aromatic heterocycles. The fourth-order valence-electron chi connectivity index (χ4n) is 1.66. The van der Waals surface area contributed by atoms with Crippen molar-refractivity contribution in [2.75, 3.05) is 0 Å². The van der Waals surface area contributed by atoms with Gasteiger partial charge in [-0.3, -0.25) is 4.68 Å². The molecule has 0 bridgehead atoms. The van der Waals surface area contributed by atoms with Crippen molar-refractivity contribution in [2.45, 2.75) is 40.2 Å². The minimum Gasteiger partial charge on any atom is -0.478 e. The number of carboxylic acid groups (broad SMARTS) is 1. The molecule has 0 saturated carbocycles. The molecular formula is C11H18N2O2. The van der Waals surface area contributed by atoms with Crippen LogP contribution < -0.4 is 0 Å². The Hall–Kier alpha value is -1.32. The Balaban J connectivity index is 3.12. The molecule has 0 radical (unpaired) electrons. The molecule has 0 aromatic carbocycles. The van der Waals surface area contributed by atoms with E-state index < -0.39 is 5.97 Å². The van der Waals surface area contributed by atoms with Crippen LogP contribution >= 0.6 is 0 Å². The zero-order valence-corrected chi connectivity index (χ0v) is 9.69. The minimum absolute atomic E-state index is 0.178. The van der Waals surface area contributed by atoms with Crippen LogP contribution in [0.3, 0.4) is 0 Å². The molecule has 1 N–H and O–H groups in total. The maximum Gasteiger partial charge on any atom is 0.339 e. The standard InChI is InChI=1S/C11H18N2O2/c1-7(2)6-13-10(8(3)4)9(5-12-13)11(14)15/h5,7-8H,6H2,1-4H3,(H,14,15). The molecule has 0 fully saturated rings. The molecule has 0 aliphatic carbocycles. The fourth-order valence-corrected chi connectivity index (χ4v) is 1.66. The molecule has 1 rings (SSSR count). The van der Waals surface area contributed by atoms with E-state index in [1.54, 1.807) is 4.68 Å². The molecule has 84 valence electrons. The zero-order valence-electron chi connectivity index (χ0n) is 9.69. The lowest BCUT2D eigenvalue weighted by Crippen LogP contribution is -2.13. The number of hydrogen-bond acceptors (Lipinski definition) is 2. The largest absolute Gasteiger partial charge is 0.478 e. The number of aromatic nitrogens is 2. The van der Waals surface area contributed by atoms with Crippen LogP contribution in [0.1, 0.15) is 49.7 Å². The lowest BCUT2D eigenvalue weighted by molar-refractivity contribution is 0.0695. The number of carboxylic acids is 1. The predicted molar refractivity (Wildman–Crippen MR) is 58.1 cm³/mol. The molecule has 0 spiro atoms. The molecule has 0 saturated heterocycles. The molecule has 0 amide bonds. The summed E-state index contributed by atoms with van der Waals surface area (Å²) in [7, 11) is 0. The second kappa shape index (κ2) is 4.47. The summed E-state index contributed by atoms with van der Waals surface area (Å²) in [6, 6.07) is 0. The maximum atomic E-state index is 11.0. The van der Waals surface area contributed by atoms with Gasteiger partial charge in [0.15, 0.2) is 0 Å². The molecule has 15 heavy (non-hydrogen) atoms. The lowest BCUT2D eigenvalue weighted by Gasteiger charge is -2.13. The van der Waals surface area contributed by atoms with E-state index in [0.29, 0.717) is 11.5 Å². The topological polar surface area (TPSA) is 55.1 Å². The Kier molecular flexibility index (Phi) is 3.50. The van der Waals surface area contributed by atoms with Gasteiger partial charge in [-0.05, 0) is 11.8 Å². The van der Waals surface area contributed by atoms with Gasteiger partial charge in [0.25, 0.3) is 0 Å². The molecule has 1 heterocycles. The summed E-state index contributed by atoms with van der Waals surface area (Å²) in [6.07, 6.45) is 1.44. The van der Waals surface area contributed by atoms with Gasteiger partial charge in [-0.2, -0.15) is 5.10 Å². The summed E-state index contributed by atoms with van der Waals surface area (Å²) in [5, 5.41) is 13.1. The number of carbonyl (C=O) groups is 1. The molecule has 4 nitrogen and oxygen atoms in total. The molecule has 0 atom stereocenters. The first-order valence-corrected chi connectivity index (χ1v) is 5.22. The first kappa shape index (κ1) is 11.8. The Morgan fingerprint density at radius 2 is 2.07 bits per heavy atom. The monoisotopic (exact) mass is 210 g/mol. The first-order valence-electron chi connectivity index (χ1n) is 5.22. The Morgan fingerprint density at radius 1 is 1.47 bits per heavy atom. The smallest absolute Gasteiger partial charge is 0.339 e. The van der Waals surface area contributed by atoms with Crippen LogP contribution in [0.2, 0.25) is 0 Å². The lowest BCUT2D eigenvalue weighted by atomic mass is 10.1. The van der Waals surface area contributed by atoms with E-state index in [2.05, 4.69) is 18.9 Å². The van der Waals surface area contributed by atoms with Crippen LogP contribution in [0.25, 0.3) is 0 Å². The van der Waals surface area contributed by atoms with Gasteiger partial charge in [-0.25, -0.2) is 4.79 Å². The number of nitrogens with zero attached hydrogens (tertiary/aromatic N) is 2. The van der Waals surface area contributed by atoms with Crippen LogP contribution in [0.4, 0.5) is 0 Å². The van der Waals surface area contributed by atoms with Crippen molar-refractivity contribution in [1.29, 1.82) is 0 Å². The van der Waals surface area contributed by atoms with Crippen LogP contribution in [-0.4, -0.2) is 20.9 Å². The highest BCUT2D eigenvalue weighted by Crippen LogP contribution is 2.20. The highest BCUT2D eigenvalue weighted by molar-refractivity contribution is 5.88. The number of rotatable bonds is 4. The number of aromatic carboxylic acids is 1. The van der Waals surface area contributed by atoms with Gasteiger partial charge in [0, 0.05) is 6.54 Å².